The number of nitrogens with one attached hydrogen (secondary N) is 2. The number of amides is 1. The highest BCUT2D eigenvalue weighted by Gasteiger charge is 2.02. The summed E-state index contributed by atoms with van der Waals surface area (Å²) in [6, 6.07) is 9.00. The van der Waals surface area contributed by atoms with E-state index in [1.54, 1.807) is 35.6 Å². The fourth-order valence-electron chi connectivity index (χ4n) is 1.32. The fraction of sp³-hybridized carbons (Fsp3) is 0.0833. The molecule has 0 unspecified atom stereocenters. The SMILES string of the molecule is O=C(CNc1ccsc1)Nc1cccc(Cl)c1. The first kappa shape index (κ1) is 12.0. The molecule has 1 aromatic carbocycles. The molecule has 0 spiro atoms. The number of hydrogen-bond acceptors (Lipinski definition) is 3. The van der Waals surface area contributed by atoms with E-state index in [0.29, 0.717) is 10.7 Å². The van der Waals surface area contributed by atoms with Crippen LogP contribution in [0.25, 0.3) is 0 Å². The van der Waals surface area contributed by atoms with Crippen molar-refractivity contribution in [1.82, 2.24) is 0 Å². The second-order valence-corrected chi connectivity index (χ2v) is 4.64. The maximum absolute atomic E-state index is 11.6. The second kappa shape index (κ2) is 5.70. The van der Waals surface area contributed by atoms with E-state index in [1.807, 2.05) is 16.8 Å². The molecule has 0 aliphatic rings. The van der Waals surface area contributed by atoms with E-state index < -0.39 is 0 Å². The Balaban J connectivity index is 1.85. The lowest BCUT2D eigenvalue weighted by Gasteiger charge is -2.06. The topological polar surface area (TPSA) is 41.1 Å². The summed E-state index contributed by atoms with van der Waals surface area (Å²) >= 11 is 7.41. The van der Waals surface area contributed by atoms with Crippen LogP contribution in [0, 0.1) is 0 Å². The number of benzene rings is 1. The first-order chi connectivity index (χ1) is 8.24. The zero-order valence-electron chi connectivity index (χ0n) is 8.94. The third-order valence-electron chi connectivity index (χ3n) is 2.08. The van der Waals surface area contributed by atoms with Gasteiger partial charge in [0.05, 0.1) is 6.54 Å². The van der Waals surface area contributed by atoms with Gasteiger partial charge in [-0.05, 0) is 29.6 Å². The van der Waals surface area contributed by atoms with Crippen LogP contribution < -0.4 is 10.6 Å². The number of carbonyl (C=O) groups is 1. The van der Waals surface area contributed by atoms with Crippen molar-refractivity contribution >= 4 is 40.2 Å². The molecule has 2 rings (SSSR count). The largest absolute Gasteiger partial charge is 0.375 e. The van der Waals surface area contributed by atoms with Gasteiger partial charge in [-0.3, -0.25) is 4.79 Å². The molecule has 1 aromatic heterocycles. The van der Waals surface area contributed by atoms with Crippen molar-refractivity contribution in [2.45, 2.75) is 0 Å². The number of hydrogen-bond donors (Lipinski definition) is 2. The Hall–Kier alpha value is -1.52. The van der Waals surface area contributed by atoms with Gasteiger partial charge in [0.25, 0.3) is 0 Å². The average Bonchev–Trinajstić information content (AvgIpc) is 2.79. The van der Waals surface area contributed by atoms with Crippen molar-refractivity contribution in [3.8, 4) is 0 Å². The lowest BCUT2D eigenvalue weighted by Crippen LogP contribution is -2.21. The Morgan fingerprint density at radius 3 is 2.88 bits per heavy atom. The molecular weight excluding hydrogens is 256 g/mol. The van der Waals surface area contributed by atoms with E-state index in [2.05, 4.69) is 10.6 Å². The molecule has 0 aliphatic heterocycles. The van der Waals surface area contributed by atoms with Crippen molar-refractivity contribution in [1.29, 1.82) is 0 Å². The van der Waals surface area contributed by atoms with E-state index in [9.17, 15) is 4.79 Å². The van der Waals surface area contributed by atoms with Gasteiger partial charge in [0, 0.05) is 21.8 Å². The van der Waals surface area contributed by atoms with Gasteiger partial charge in [-0.1, -0.05) is 17.7 Å². The van der Waals surface area contributed by atoms with Gasteiger partial charge in [-0.25, -0.2) is 0 Å². The molecular formula is C12H11ClN2OS. The molecule has 0 fully saturated rings. The molecule has 5 heteroatoms. The summed E-state index contributed by atoms with van der Waals surface area (Å²) in [6.45, 7) is 0.239. The third-order valence-corrected chi connectivity index (χ3v) is 3.00. The van der Waals surface area contributed by atoms with Crippen LogP contribution in [0.3, 0.4) is 0 Å². The van der Waals surface area contributed by atoms with E-state index in [0.717, 1.165) is 5.69 Å². The van der Waals surface area contributed by atoms with Gasteiger partial charge in [0.15, 0.2) is 0 Å². The number of anilines is 2. The zero-order valence-corrected chi connectivity index (χ0v) is 10.5. The maximum Gasteiger partial charge on any atom is 0.243 e. The van der Waals surface area contributed by atoms with Crippen molar-refractivity contribution in [2.24, 2.45) is 0 Å². The Labute approximate surface area is 108 Å². The Kier molecular flexibility index (Phi) is 4.01. The minimum atomic E-state index is -0.0986. The lowest BCUT2D eigenvalue weighted by atomic mass is 10.3. The number of carbonyl (C=O) groups excluding carboxylic acids is 1. The van der Waals surface area contributed by atoms with Gasteiger partial charge in [0.1, 0.15) is 0 Å². The molecule has 0 atom stereocenters. The molecule has 0 saturated heterocycles. The highest BCUT2D eigenvalue weighted by atomic mass is 35.5. The molecule has 17 heavy (non-hydrogen) atoms. The third kappa shape index (κ3) is 3.76. The van der Waals surface area contributed by atoms with Crippen LogP contribution in [0.4, 0.5) is 11.4 Å². The van der Waals surface area contributed by atoms with Gasteiger partial charge >= 0.3 is 0 Å². The molecule has 2 aromatic rings. The van der Waals surface area contributed by atoms with E-state index in [4.69, 9.17) is 11.6 Å². The Bertz CT molecular complexity index is 499. The molecule has 2 N–H and O–H groups in total. The standard InChI is InChI=1S/C12H11ClN2OS/c13-9-2-1-3-10(6-9)15-12(16)7-14-11-4-5-17-8-11/h1-6,8,14H,7H2,(H,15,16). The highest BCUT2D eigenvalue weighted by Crippen LogP contribution is 2.15. The number of halogens is 1. The van der Waals surface area contributed by atoms with Crippen molar-refractivity contribution < 1.29 is 4.79 Å². The minimum absolute atomic E-state index is 0.0986. The zero-order chi connectivity index (χ0) is 12.1. The summed E-state index contributed by atoms with van der Waals surface area (Å²) in [4.78, 5) is 11.6. The quantitative estimate of drug-likeness (QED) is 0.890. The van der Waals surface area contributed by atoms with Crippen molar-refractivity contribution in [2.75, 3.05) is 17.2 Å². The van der Waals surface area contributed by atoms with Gasteiger partial charge < -0.3 is 10.6 Å². The lowest BCUT2D eigenvalue weighted by molar-refractivity contribution is -0.114. The maximum atomic E-state index is 11.6. The number of rotatable bonds is 4. The molecule has 0 saturated carbocycles. The first-order valence-electron chi connectivity index (χ1n) is 5.05. The molecule has 1 amide bonds. The van der Waals surface area contributed by atoms with Crippen LogP contribution in [-0.2, 0) is 4.79 Å². The van der Waals surface area contributed by atoms with Crippen LogP contribution in [0.2, 0.25) is 5.02 Å². The van der Waals surface area contributed by atoms with Gasteiger partial charge in [-0.15, -0.1) is 0 Å². The summed E-state index contributed by atoms with van der Waals surface area (Å²) in [5, 5.41) is 10.3. The first-order valence-corrected chi connectivity index (χ1v) is 6.37. The molecule has 3 nitrogen and oxygen atoms in total. The van der Waals surface area contributed by atoms with Crippen LogP contribution in [0.15, 0.2) is 41.1 Å². The van der Waals surface area contributed by atoms with E-state index in [-0.39, 0.29) is 12.5 Å². The van der Waals surface area contributed by atoms with Crippen LogP contribution >= 0.6 is 22.9 Å². The van der Waals surface area contributed by atoms with E-state index >= 15 is 0 Å². The van der Waals surface area contributed by atoms with Crippen LogP contribution in [-0.4, -0.2) is 12.5 Å². The normalized spacial score (nSPS) is 9.94. The Morgan fingerprint density at radius 2 is 2.18 bits per heavy atom. The summed E-state index contributed by atoms with van der Waals surface area (Å²) in [5.74, 6) is -0.0986. The molecule has 0 aliphatic carbocycles. The van der Waals surface area contributed by atoms with Crippen molar-refractivity contribution in [3.63, 3.8) is 0 Å². The highest BCUT2D eigenvalue weighted by molar-refractivity contribution is 7.08. The van der Waals surface area contributed by atoms with Crippen molar-refractivity contribution in [3.05, 3.63) is 46.1 Å². The summed E-state index contributed by atoms with van der Waals surface area (Å²) in [6.07, 6.45) is 0. The number of thiophene rings is 1. The second-order valence-electron chi connectivity index (χ2n) is 3.42. The average molecular weight is 267 g/mol. The fourth-order valence-corrected chi connectivity index (χ4v) is 2.12. The summed E-state index contributed by atoms with van der Waals surface area (Å²) in [7, 11) is 0. The molecule has 1 heterocycles. The minimum Gasteiger partial charge on any atom is -0.375 e. The van der Waals surface area contributed by atoms with E-state index in [1.165, 1.54) is 0 Å². The molecule has 0 bridgehead atoms. The predicted octanol–water partition coefficient (Wildman–Crippen LogP) is 3.45. The monoisotopic (exact) mass is 266 g/mol. The van der Waals surface area contributed by atoms with Crippen LogP contribution in [0.1, 0.15) is 0 Å². The summed E-state index contributed by atoms with van der Waals surface area (Å²) in [5.41, 5.74) is 1.66. The van der Waals surface area contributed by atoms with Gasteiger partial charge in [0.2, 0.25) is 5.91 Å². The van der Waals surface area contributed by atoms with Crippen LogP contribution in [0.5, 0.6) is 0 Å². The Morgan fingerprint density at radius 1 is 1.29 bits per heavy atom. The van der Waals surface area contributed by atoms with Gasteiger partial charge in [-0.2, -0.15) is 11.3 Å². The summed E-state index contributed by atoms with van der Waals surface area (Å²) < 4.78 is 0. The molecule has 0 radical (unpaired) electrons. The molecule has 88 valence electrons. The predicted molar refractivity (Wildman–Crippen MR) is 72.9 cm³/mol. The smallest absolute Gasteiger partial charge is 0.243 e.